The van der Waals surface area contributed by atoms with Gasteiger partial charge in [-0.15, -0.1) is 0 Å². The lowest BCUT2D eigenvalue weighted by Gasteiger charge is -2.24. The highest BCUT2D eigenvalue weighted by Crippen LogP contribution is 2.32. The number of nitrogens with zero attached hydrogens (tertiary/aromatic N) is 2. The van der Waals surface area contributed by atoms with Crippen LogP contribution in [-0.2, 0) is 19.5 Å². The number of hydrogen-bond acceptors (Lipinski definition) is 3. The number of hydrogen-bond donors (Lipinski definition) is 2. The van der Waals surface area contributed by atoms with Gasteiger partial charge >= 0.3 is 0 Å². The molecule has 3 aromatic rings. The van der Waals surface area contributed by atoms with Gasteiger partial charge in [-0.25, -0.2) is 5.48 Å². The van der Waals surface area contributed by atoms with Crippen LogP contribution in [0.2, 0.25) is 0 Å². The summed E-state index contributed by atoms with van der Waals surface area (Å²) in [6.45, 7) is 4.96. The van der Waals surface area contributed by atoms with Crippen LogP contribution in [-0.4, -0.2) is 34.2 Å². The van der Waals surface area contributed by atoms with E-state index in [1.807, 2.05) is 12.1 Å². The molecule has 1 aromatic heterocycles. The van der Waals surface area contributed by atoms with Crippen LogP contribution in [0.5, 0.6) is 0 Å². The van der Waals surface area contributed by atoms with Gasteiger partial charge in [0, 0.05) is 48.2 Å². The molecule has 2 heterocycles. The minimum absolute atomic E-state index is 0.452. The van der Waals surface area contributed by atoms with E-state index in [0.717, 1.165) is 31.6 Å². The normalized spacial score (nSPS) is 14.4. The van der Waals surface area contributed by atoms with Crippen molar-refractivity contribution >= 4 is 16.8 Å². The van der Waals surface area contributed by atoms with Crippen molar-refractivity contribution < 1.29 is 10.0 Å². The number of carbonyl (C=O) groups excluding carboxylic acids is 1. The molecule has 1 aliphatic rings. The van der Waals surface area contributed by atoms with E-state index in [0.29, 0.717) is 5.56 Å². The first kappa shape index (κ1) is 16.8. The van der Waals surface area contributed by atoms with Gasteiger partial charge < -0.3 is 9.47 Å². The fraction of sp³-hybridized carbons (Fsp3) is 0.286. The Kier molecular flexibility index (Phi) is 4.26. The average molecular weight is 349 g/mol. The van der Waals surface area contributed by atoms with Crippen LogP contribution >= 0.6 is 0 Å². The highest BCUT2D eigenvalue weighted by Gasteiger charge is 2.22. The van der Waals surface area contributed by atoms with Crippen molar-refractivity contribution in [3.63, 3.8) is 0 Å². The summed E-state index contributed by atoms with van der Waals surface area (Å²) in [6.07, 6.45) is 1.05. The van der Waals surface area contributed by atoms with Gasteiger partial charge in [0.25, 0.3) is 5.91 Å². The first-order valence-corrected chi connectivity index (χ1v) is 8.89. The van der Waals surface area contributed by atoms with Crippen molar-refractivity contribution in [2.45, 2.75) is 26.4 Å². The number of rotatable bonds is 3. The summed E-state index contributed by atoms with van der Waals surface area (Å²) in [4.78, 5) is 13.9. The number of hydroxylamine groups is 1. The van der Waals surface area contributed by atoms with Crippen LogP contribution in [0.15, 0.2) is 42.5 Å². The quantitative estimate of drug-likeness (QED) is 0.564. The zero-order chi connectivity index (χ0) is 18.3. The van der Waals surface area contributed by atoms with Gasteiger partial charge in [-0.2, -0.15) is 0 Å². The molecule has 134 valence electrons. The maximum absolute atomic E-state index is 11.5. The molecule has 1 aliphatic heterocycles. The smallest absolute Gasteiger partial charge is 0.274 e. The second-order valence-electron chi connectivity index (χ2n) is 7.16. The Bertz CT molecular complexity index is 973. The van der Waals surface area contributed by atoms with Gasteiger partial charge in [-0.05, 0) is 48.9 Å². The second-order valence-corrected chi connectivity index (χ2v) is 7.16. The summed E-state index contributed by atoms with van der Waals surface area (Å²) in [5.41, 5.74) is 8.66. The van der Waals surface area contributed by atoms with Crippen molar-refractivity contribution in [3.8, 4) is 0 Å². The molecule has 0 spiro atoms. The summed E-state index contributed by atoms with van der Waals surface area (Å²) >= 11 is 0. The monoisotopic (exact) mass is 349 g/mol. The van der Waals surface area contributed by atoms with E-state index in [1.54, 1.807) is 17.6 Å². The summed E-state index contributed by atoms with van der Waals surface area (Å²) in [5, 5.41) is 10.1. The Morgan fingerprint density at radius 3 is 2.69 bits per heavy atom. The molecule has 2 N–H and O–H groups in total. The predicted molar refractivity (Wildman–Crippen MR) is 102 cm³/mol. The van der Waals surface area contributed by atoms with Crippen LogP contribution in [0.4, 0.5) is 0 Å². The highest BCUT2D eigenvalue weighted by molar-refractivity contribution is 5.93. The molecular formula is C21H23N3O2. The first-order valence-electron chi connectivity index (χ1n) is 8.89. The summed E-state index contributed by atoms with van der Waals surface area (Å²) in [5.74, 6) is -0.487. The Morgan fingerprint density at radius 2 is 1.96 bits per heavy atom. The molecule has 1 amide bonds. The molecule has 0 aliphatic carbocycles. The lowest BCUT2D eigenvalue weighted by molar-refractivity contribution is 0.0706. The summed E-state index contributed by atoms with van der Waals surface area (Å²) < 4.78 is 2.42. The third-order valence-electron chi connectivity index (χ3n) is 5.26. The molecule has 0 bridgehead atoms. The van der Waals surface area contributed by atoms with Crippen LogP contribution in [0, 0.1) is 6.92 Å². The van der Waals surface area contributed by atoms with Crippen molar-refractivity contribution in [1.82, 2.24) is 14.9 Å². The highest BCUT2D eigenvalue weighted by atomic mass is 16.5. The van der Waals surface area contributed by atoms with Gasteiger partial charge in [-0.3, -0.25) is 10.0 Å². The second kappa shape index (κ2) is 6.59. The number of likely N-dealkylation sites (N-methyl/N-ethyl adjacent to an activating group) is 1. The molecule has 26 heavy (non-hydrogen) atoms. The number of aryl methyl sites for hydroxylation is 1. The minimum atomic E-state index is -0.487. The van der Waals surface area contributed by atoms with Gasteiger partial charge in [0.1, 0.15) is 0 Å². The summed E-state index contributed by atoms with van der Waals surface area (Å²) in [7, 11) is 2.17. The molecule has 5 heteroatoms. The fourth-order valence-electron chi connectivity index (χ4n) is 3.88. The van der Waals surface area contributed by atoms with Crippen LogP contribution in [0.3, 0.4) is 0 Å². The van der Waals surface area contributed by atoms with E-state index in [4.69, 9.17) is 5.21 Å². The van der Waals surface area contributed by atoms with E-state index < -0.39 is 5.91 Å². The Hall–Kier alpha value is -2.63. The van der Waals surface area contributed by atoms with Gasteiger partial charge in [0.15, 0.2) is 0 Å². The average Bonchev–Trinajstić information content (AvgIpc) is 2.94. The molecule has 5 nitrogen and oxygen atoms in total. The van der Waals surface area contributed by atoms with E-state index in [9.17, 15) is 4.79 Å². The number of aromatic nitrogens is 1. The molecular weight excluding hydrogens is 326 g/mol. The summed E-state index contributed by atoms with van der Waals surface area (Å²) in [6, 6.07) is 14.1. The number of fused-ring (bicyclic) bond motifs is 3. The molecule has 0 atom stereocenters. The lowest BCUT2D eigenvalue weighted by atomic mass is 10.0. The van der Waals surface area contributed by atoms with E-state index in [1.165, 1.54) is 27.7 Å². The van der Waals surface area contributed by atoms with Crippen molar-refractivity contribution in [2.24, 2.45) is 0 Å². The largest absolute Gasteiger partial charge is 0.340 e. The third kappa shape index (κ3) is 2.89. The zero-order valence-electron chi connectivity index (χ0n) is 15.1. The van der Waals surface area contributed by atoms with Crippen LogP contribution < -0.4 is 5.48 Å². The SMILES string of the molecule is Cc1ccc2c3c(n(Cc4ccc(C(=O)NO)cc4)c2c1)CCN(C)C3. The number of carbonyl (C=O) groups is 1. The minimum Gasteiger partial charge on any atom is -0.340 e. The Labute approximate surface area is 152 Å². The van der Waals surface area contributed by atoms with Gasteiger partial charge in [0.05, 0.1) is 0 Å². The molecule has 0 fully saturated rings. The first-order chi connectivity index (χ1) is 12.6. The van der Waals surface area contributed by atoms with Gasteiger partial charge in [-0.1, -0.05) is 24.3 Å². The van der Waals surface area contributed by atoms with Crippen LogP contribution in [0.25, 0.3) is 10.9 Å². The van der Waals surface area contributed by atoms with E-state index >= 15 is 0 Å². The van der Waals surface area contributed by atoms with Crippen molar-refractivity contribution in [2.75, 3.05) is 13.6 Å². The fourth-order valence-corrected chi connectivity index (χ4v) is 3.88. The topological polar surface area (TPSA) is 57.5 Å². The lowest BCUT2D eigenvalue weighted by Crippen LogP contribution is -2.27. The number of nitrogens with one attached hydrogen (secondary N) is 1. The zero-order valence-corrected chi connectivity index (χ0v) is 15.1. The van der Waals surface area contributed by atoms with Gasteiger partial charge in [0.2, 0.25) is 0 Å². The molecule has 0 saturated carbocycles. The predicted octanol–water partition coefficient (Wildman–Crippen LogP) is 3.10. The van der Waals surface area contributed by atoms with E-state index in [-0.39, 0.29) is 0 Å². The Morgan fingerprint density at radius 1 is 1.19 bits per heavy atom. The molecule has 4 rings (SSSR count). The van der Waals surface area contributed by atoms with E-state index in [2.05, 4.69) is 41.6 Å². The molecule has 2 aromatic carbocycles. The third-order valence-corrected chi connectivity index (χ3v) is 5.26. The Balaban J connectivity index is 1.76. The van der Waals surface area contributed by atoms with Crippen molar-refractivity contribution in [3.05, 3.63) is 70.4 Å². The maximum atomic E-state index is 11.5. The molecule has 0 unspecified atom stereocenters. The number of amides is 1. The molecule has 0 saturated heterocycles. The maximum Gasteiger partial charge on any atom is 0.274 e. The van der Waals surface area contributed by atoms with Crippen LogP contribution in [0.1, 0.15) is 32.7 Å². The molecule has 0 radical (unpaired) electrons. The van der Waals surface area contributed by atoms with Crippen molar-refractivity contribution in [1.29, 1.82) is 0 Å². The number of benzene rings is 2. The standard InChI is InChI=1S/C21H23N3O2/c1-14-3-8-17-18-13-23(2)10-9-19(18)24(20(17)11-14)12-15-4-6-16(7-5-15)21(25)22-26/h3-8,11,26H,9-10,12-13H2,1-2H3,(H,22,25).